The molecule has 1 amide bonds. The molecule has 0 unspecified atom stereocenters. The summed E-state index contributed by atoms with van der Waals surface area (Å²) in [6, 6.07) is 13.9. The first-order valence-electron chi connectivity index (χ1n) is 8.61. The molecule has 1 aliphatic rings. The normalized spacial score (nSPS) is 14.6. The van der Waals surface area contributed by atoms with E-state index in [9.17, 15) is 4.79 Å². The molecule has 1 aromatic carbocycles. The van der Waals surface area contributed by atoms with Gasteiger partial charge in [0.15, 0.2) is 5.11 Å². The number of pyridine rings is 1. The third-order valence-corrected chi connectivity index (χ3v) is 4.55. The fourth-order valence-corrected chi connectivity index (χ4v) is 3.23. The van der Waals surface area contributed by atoms with E-state index in [-0.39, 0.29) is 5.91 Å². The largest absolute Gasteiger partial charge is 0.359 e. The minimum atomic E-state index is -0.314. The first-order chi connectivity index (χ1) is 12.2. The summed E-state index contributed by atoms with van der Waals surface area (Å²) in [6.07, 6.45) is 7.62. The molecule has 1 heterocycles. The third-order valence-electron chi connectivity index (χ3n) is 4.33. The summed E-state index contributed by atoms with van der Waals surface area (Å²) in [6.45, 7) is 0. The SMILES string of the molecule is O=C(NNC(=S)NC1CCCCC1)c1cc(-c2ccccc2)ccn1. The molecule has 0 bridgehead atoms. The molecule has 25 heavy (non-hydrogen) atoms. The number of aromatic nitrogens is 1. The van der Waals surface area contributed by atoms with Crippen LogP contribution in [0.25, 0.3) is 11.1 Å². The highest BCUT2D eigenvalue weighted by Gasteiger charge is 2.14. The minimum Gasteiger partial charge on any atom is -0.359 e. The first kappa shape index (κ1) is 17.4. The van der Waals surface area contributed by atoms with E-state index in [4.69, 9.17) is 12.2 Å². The molecule has 0 spiro atoms. The maximum atomic E-state index is 12.3. The summed E-state index contributed by atoms with van der Waals surface area (Å²) in [5, 5.41) is 3.69. The lowest BCUT2D eigenvalue weighted by Crippen LogP contribution is -2.50. The van der Waals surface area contributed by atoms with Gasteiger partial charge in [0.05, 0.1) is 0 Å². The number of amides is 1. The Morgan fingerprint density at radius 1 is 1.00 bits per heavy atom. The van der Waals surface area contributed by atoms with Gasteiger partial charge < -0.3 is 5.32 Å². The fourth-order valence-electron chi connectivity index (χ4n) is 3.01. The lowest BCUT2D eigenvalue weighted by atomic mass is 9.96. The Morgan fingerprint density at radius 3 is 2.52 bits per heavy atom. The first-order valence-corrected chi connectivity index (χ1v) is 9.01. The van der Waals surface area contributed by atoms with Crippen molar-refractivity contribution in [2.75, 3.05) is 0 Å². The van der Waals surface area contributed by atoms with Crippen molar-refractivity contribution in [2.24, 2.45) is 0 Å². The fraction of sp³-hybridized carbons (Fsp3) is 0.316. The highest BCUT2D eigenvalue weighted by molar-refractivity contribution is 7.80. The van der Waals surface area contributed by atoms with E-state index >= 15 is 0 Å². The zero-order chi connectivity index (χ0) is 17.5. The Labute approximate surface area is 153 Å². The van der Waals surface area contributed by atoms with Crippen molar-refractivity contribution in [2.45, 2.75) is 38.1 Å². The number of nitrogens with one attached hydrogen (secondary N) is 3. The third kappa shape index (κ3) is 5.00. The highest BCUT2D eigenvalue weighted by atomic mass is 32.1. The maximum Gasteiger partial charge on any atom is 0.288 e. The van der Waals surface area contributed by atoms with Crippen LogP contribution in [0.15, 0.2) is 48.7 Å². The minimum absolute atomic E-state index is 0.314. The number of rotatable bonds is 3. The summed E-state index contributed by atoms with van der Waals surface area (Å²) < 4.78 is 0. The Kier molecular flexibility index (Phi) is 5.95. The van der Waals surface area contributed by atoms with Gasteiger partial charge in [-0.25, -0.2) is 0 Å². The van der Waals surface area contributed by atoms with Crippen LogP contribution in [0.4, 0.5) is 0 Å². The van der Waals surface area contributed by atoms with Crippen LogP contribution in [-0.2, 0) is 0 Å². The maximum absolute atomic E-state index is 12.3. The Balaban J connectivity index is 1.55. The summed E-state index contributed by atoms with van der Waals surface area (Å²) in [7, 11) is 0. The van der Waals surface area contributed by atoms with Gasteiger partial charge in [-0.15, -0.1) is 0 Å². The van der Waals surface area contributed by atoms with E-state index in [0.717, 1.165) is 24.0 Å². The molecule has 130 valence electrons. The van der Waals surface area contributed by atoms with Crippen molar-refractivity contribution >= 4 is 23.2 Å². The van der Waals surface area contributed by atoms with Crippen molar-refractivity contribution in [3.63, 3.8) is 0 Å². The van der Waals surface area contributed by atoms with E-state index in [1.165, 1.54) is 19.3 Å². The van der Waals surface area contributed by atoms with Gasteiger partial charge in [-0.3, -0.25) is 20.6 Å². The second kappa shape index (κ2) is 8.58. The topological polar surface area (TPSA) is 66.1 Å². The highest BCUT2D eigenvalue weighted by Crippen LogP contribution is 2.19. The van der Waals surface area contributed by atoms with Gasteiger partial charge in [0.1, 0.15) is 5.69 Å². The van der Waals surface area contributed by atoms with E-state index < -0.39 is 0 Å². The van der Waals surface area contributed by atoms with Gasteiger partial charge >= 0.3 is 0 Å². The van der Waals surface area contributed by atoms with Gasteiger partial charge in [0.25, 0.3) is 5.91 Å². The standard InChI is InChI=1S/C19H22N4OS/c24-18(22-23-19(25)21-16-9-5-2-6-10-16)17-13-15(11-12-20-17)14-7-3-1-4-8-14/h1,3-4,7-8,11-13,16H,2,5-6,9-10H2,(H,22,24)(H2,21,23,25). The molecule has 0 aliphatic heterocycles. The van der Waals surface area contributed by atoms with Gasteiger partial charge in [0.2, 0.25) is 0 Å². The van der Waals surface area contributed by atoms with E-state index in [1.807, 2.05) is 36.4 Å². The summed E-state index contributed by atoms with van der Waals surface area (Å²) >= 11 is 5.25. The van der Waals surface area contributed by atoms with E-state index in [0.29, 0.717) is 16.8 Å². The van der Waals surface area contributed by atoms with Gasteiger partial charge in [-0.05, 0) is 48.3 Å². The monoisotopic (exact) mass is 354 g/mol. The summed E-state index contributed by atoms with van der Waals surface area (Å²) in [4.78, 5) is 16.4. The van der Waals surface area contributed by atoms with Crippen molar-refractivity contribution in [1.82, 2.24) is 21.2 Å². The molecule has 0 radical (unpaired) electrons. The molecule has 0 saturated heterocycles. The number of carbonyl (C=O) groups excluding carboxylic acids is 1. The number of hydrogen-bond donors (Lipinski definition) is 3. The molecule has 1 aromatic heterocycles. The number of carbonyl (C=O) groups is 1. The lowest BCUT2D eigenvalue weighted by Gasteiger charge is -2.24. The smallest absolute Gasteiger partial charge is 0.288 e. The molecule has 2 aromatic rings. The van der Waals surface area contributed by atoms with Crippen molar-refractivity contribution < 1.29 is 4.79 Å². The van der Waals surface area contributed by atoms with Crippen LogP contribution in [0.3, 0.4) is 0 Å². The van der Waals surface area contributed by atoms with Crippen LogP contribution in [0, 0.1) is 0 Å². The molecule has 6 heteroatoms. The number of nitrogens with zero attached hydrogens (tertiary/aromatic N) is 1. The predicted molar refractivity (Wildman–Crippen MR) is 103 cm³/mol. The number of hydrazine groups is 1. The van der Waals surface area contributed by atoms with Gasteiger partial charge in [-0.2, -0.15) is 0 Å². The molecule has 5 nitrogen and oxygen atoms in total. The summed E-state index contributed by atoms with van der Waals surface area (Å²) in [5.74, 6) is -0.314. The molecule has 1 aliphatic carbocycles. The van der Waals surface area contributed by atoms with Crippen LogP contribution in [0.2, 0.25) is 0 Å². The second-order valence-corrected chi connectivity index (χ2v) is 6.59. The van der Waals surface area contributed by atoms with Crippen LogP contribution in [0.5, 0.6) is 0 Å². The molecule has 0 atom stereocenters. The zero-order valence-corrected chi connectivity index (χ0v) is 14.8. The molecular weight excluding hydrogens is 332 g/mol. The lowest BCUT2D eigenvalue weighted by molar-refractivity contribution is 0.0938. The van der Waals surface area contributed by atoms with E-state index in [2.05, 4.69) is 21.2 Å². The molecule has 3 rings (SSSR count). The number of benzene rings is 1. The Bertz CT molecular complexity index is 729. The Hall–Kier alpha value is -2.47. The zero-order valence-electron chi connectivity index (χ0n) is 14.0. The van der Waals surface area contributed by atoms with E-state index in [1.54, 1.807) is 12.3 Å². The Morgan fingerprint density at radius 2 is 1.76 bits per heavy atom. The van der Waals surface area contributed by atoms with Crippen LogP contribution >= 0.6 is 12.2 Å². The molecule has 1 fully saturated rings. The summed E-state index contributed by atoms with van der Waals surface area (Å²) in [5.41, 5.74) is 7.71. The molecule has 3 N–H and O–H groups in total. The van der Waals surface area contributed by atoms with Crippen molar-refractivity contribution in [3.05, 3.63) is 54.4 Å². The van der Waals surface area contributed by atoms with Gasteiger partial charge in [0, 0.05) is 12.2 Å². The van der Waals surface area contributed by atoms with Crippen LogP contribution in [-0.4, -0.2) is 22.0 Å². The quantitative estimate of drug-likeness (QED) is 0.583. The molecule has 1 saturated carbocycles. The predicted octanol–water partition coefficient (Wildman–Crippen LogP) is 3.19. The second-order valence-electron chi connectivity index (χ2n) is 6.18. The average molecular weight is 354 g/mol. The van der Waals surface area contributed by atoms with Crippen LogP contribution < -0.4 is 16.2 Å². The average Bonchev–Trinajstić information content (AvgIpc) is 2.68. The van der Waals surface area contributed by atoms with Gasteiger partial charge in [-0.1, -0.05) is 49.6 Å². The van der Waals surface area contributed by atoms with Crippen molar-refractivity contribution in [1.29, 1.82) is 0 Å². The van der Waals surface area contributed by atoms with Crippen LogP contribution in [0.1, 0.15) is 42.6 Å². The number of hydrogen-bond acceptors (Lipinski definition) is 3. The van der Waals surface area contributed by atoms with Crippen molar-refractivity contribution in [3.8, 4) is 11.1 Å². The molecular formula is C19H22N4OS. The number of thiocarbonyl (C=S) groups is 1.